The van der Waals surface area contributed by atoms with E-state index in [-0.39, 0.29) is 5.54 Å². The molecule has 3 nitrogen and oxygen atoms in total. The molecule has 1 aliphatic carbocycles. The first-order chi connectivity index (χ1) is 9.68. The fourth-order valence-electron chi connectivity index (χ4n) is 4.76. The molecule has 1 saturated carbocycles. The van der Waals surface area contributed by atoms with Crippen LogP contribution in [0.15, 0.2) is 24.5 Å². The van der Waals surface area contributed by atoms with Crippen LogP contribution in [0.4, 0.5) is 0 Å². The molecule has 0 bridgehead atoms. The first-order valence-corrected chi connectivity index (χ1v) is 7.98. The van der Waals surface area contributed by atoms with Gasteiger partial charge in [-0.15, -0.1) is 0 Å². The summed E-state index contributed by atoms with van der Waals surface area (Å²) in [5.74, 6) is 0. The quantitative estimate of drug-likeness (QED) is 0.923. The molecule has 0 amide bonds. The standard InChI is InChI=1S/C18H31N3/c1-16(2)11-17(3,4)13-18(12-16,14-19)21(5)10-15-6-8-20-9-7-15/h6-9H,10-14,19H2,1-5H3. The van der Waals surface area contributed by atoms with Crippen LogP contribution < -0.4 is 5.73 Å². The molecule has 1 fully saturated rings. The molecular weight excluding hydrogens is 258 g/mol. The van der Waals surface area contributed by atoms with Gasteiger partial charge in [0.2, 0.25) is 0 Å². The van der Waals surface area contributed by atoms with E-state index in [0.29, 0.717) is 10.8 Å². The highest BCUT2D eigenvalue weighted by molar-refractivity contribution is 5.12. The first-order valence-electron chi connectivity index (χ1n) is 7.98. The Bertz CT molecular complexity index is 449. The van der Waals surface area contributed by atoms with Crippen molar-refractivity contribution in [2.75, 3.05) is 13.6 Å². The largest absolute Gasteiger partial charge is 0.329 e. The number of likely N-dealkylation sites (N-methyl/N-ethyl adjacent to an activating group) is 1. The summed E-state index contributed by atoms with van der Waals surface area (Å²) in [6, 6.07) is 4.19. The van der Waals surface area contributed by atoms with Gasteiger partial charge in [-0.3, -0.25) is 9.88 Å². The van der Waals surface area contributed by atoms with Crippen molar-refractivity contribution in [1.82, 2.24) is 9.88 Å². The Labute approximate surface area is 129 Å². The number of hydrogen-bond donors (Lipinski definition) is 1. The van der Waals surface area contributed by atoms with Crippen molar-refractivity contribution in [3.8, 4) is 0 Å². The van der Waals surface area contributed by atoms with E-state index in [1.807, 2.05) is 12.4 Å². The van der Waals surface area contributed by atoms with E-state index < -0.39 is 0 Å². The zero-order valence-electron chi connectivity index (χ0n) is 14.3. The van der Waals surface area contributed by atoms with E-state index >= 15 is 0 Å². The number of nitrogens with two attached hydrogens (primary N) is 1. The average molecular weight is 289 g/mol. The molecule has 1 aromatic heterocycles. The number of aromatic nitrogens is 1. The minimum Gasteiger partial charge on any atom is -0.329 e. The van der Waals surface area contributed by atoms with Gasteiger partial charge in [0.15, 0.2) is 0 Å². The maximum atomic E-state index is 6.28. The predicted molar refractivity (Wildman–Crippen MR) is 88.9 cm³/mol. The molecular formula is C18H31N3. The summed E-state index contributed by atoms with van der Waals surface area (Å²) in [5.41, 5.74) is 8.36. The van der Waals surface area contributed by atoms with Gasteiger partial charge in [-0.2, -0.15) is 0 Å². The lowest BCUT2D eigenvalue weighted by molar-refractivity contribution is -0.0356. The van der Waals surface area contributed by atoms with Gasteiger partial charge in [-0.05, 0) is 54.8 Å². The summed E-state index contributed by atoms with van der Waals surface area (Å²) in [6.45, 7) is 11.2. The minimum absolute atomic E-state index is 0.0918. The Hall–Kier alpha value is -0.930. The third-order valence-corrected chi connectivity index (χ3v) is 4.93. The van der Waals surface area contributed by atoms with E-state index in [4.69, 9.17) is 5.73 Å². The Balaban J connectivity index is 2.23. The SMILES string of the molecule is CN(Cc1ccncc1)C1(CN)CC(C)(C)CC(C)(C)C1. The fourth-order valence-corrected chi connectivity index (χ4v) is 4.76. The summed E-state index contributed by atoms with van der Waals surface area (Å²) >= 11 is 0. The molecule has 0 spiro atoms. The second-order valence-electron chi connectivity index (χ2n) is 8.50. The topological polar surface area (TPSA) is 42.2 Å². The average Bonchev–Trinajstić information content (AvgIpc) is 2.36. The molecule has 21 heavy (non-hydrogen) atoms. The van der Waals surface area contributed by atoms with Gasteiger partial charge in [0, 0.05) is 31.0 Å². The lowest BCUT2D eigenvalue weighted by Gasteiger charge is -2.55. The van der Waals surface area contributed by atoms with Gasteiger partial charge in [-0.1, -0.05) is 27.7 Å². The maximum absolute atomic E-state index is 6.28. The molecule has 118 valence electrons. The van der Waals surface area contributed by atoms with Gasteiger partial charge in [0.1, 0.15) is 0 Å². The molecule has 1 aromatic rings. The zero-order valence-corrected chi connectivity index (χ0v) is 14.3. The maximum Gasteiger partial charge on any atom is 0.0342 e. The van der Waals surface area contributed by atoms with Crippen molar-refractivity contribution >= 4 is 0 Å². The number of hydrogen-bond acceptors (Lipinski definition) is 3. The second kappa shape index (κ2) is 5.69. The van der Waals surface area contributed by atoms with E-state index in [2.05, 4.69) is 56.8 Å². The molecule has 0 aromatic carbocycles. The van der Waals surface area contributed by atoms with Gasteiger partial charge in [0.05, 0.1) is 0 Å². The normalized spacial score (nSPS) is 23.2. The fraction of sp³-hybridized carbons (Fsp3) is 0.722. The van der Waals surface area contributed by atoms with Crippen LogP contribution in [-0.4, -0.2) is 29.0 Å². The predicted octanol–water partition coefficient (Wildman–Crippen LogP) is 3.45. The summed E-state index contributed by atoms with van der Waals surface area (Å²) < 4.78 is 0. The molecule has 1 aliphatic rings. The van der Waals surface area contributed by atoms with Crippen molar-refractivity contribution in [1.29, 1.82) is 0 Å². The highest BCUT2D eigenvalue weighted by Gasteiger charge is 2.48. The Morgan fingerprint density at radius 3 is 2.05 bits per heavy atom. The highest BCUT2D eigenvalue weighted by atomic mass is 15.2. The van der Waals surface area contributed by atoms with E-state index in [1.165, 1.54) is 24.8 Å². The van der Waals surface area contributed by atoms with Crippen LogP contribution in [0.2, 0.25) is 0 Å². The number of nitrogens with zero attached hydrogens (tertiary/aromatic N) is 2. The Kier molecular flexibility index (Phi) is 4.46. The van der Waals surface area contributed by atoms with Crippen LogP contribution in [-0.2, 0) is 6.54 Å². The van der Waals surface area contributed by atoms with Gasteiger partial charge >= 0.3 is 0 Å². The molecule has 0 aliphatic heterocycles. The van der Waals surface area contributed by atoms with Crippen molar-refractivity contribution in [2.24, 2.45) is 16.6 Å². The van der Waals surface area contributed by atoms with E-state index in [0.717, 1.165) is 13.1 Å². The van der Waals surface area contributed by atoms with Crippen LogP contribution >= 0.6 is 0 Å². The van der Waals surface area contributed by atoms with Crippen LogP contribution in [0.3, 0.4) is 0 Å². The molecule has 3 heteroatoms. The second-order valence-corrected chi connectivity index (χ2v) is 8.50. The third kappa shape index (κ3) is 3.83. The first kappa shape index (κ1) is 16.4. The van der Waals surface area contributed by atoms with Crippen molar-refractivity contribution in [3.63, 3.8) is 0 Å². The molecule has 2 N–H and O–H groups in total. The lowest BCUT2D eigenvalue weighted by atomic mass is 9.58. The minimum atomic E-state index is 0.0918. The summed E-state index contributed by atoms with van der Waals surface area (Å²) in [7, 11) is 2.23. The number of pyridine rings is 1. The lowest BCUT2D eigenvalue weighted by Crippen LogP contribution is -2.59. The smallest absolute Gasteiger partial charge is 0.0342 e. The van der Waals surface area contributed by atoms with Crippen LogP contribution in [0, 0.1) is 10.8 Å². The van der Waals surface area contributed by atoms with Gasteiger partial charge in [-0.25, -0.2) is 0 Å². The molecule has 0 atom stereocenters. The Morgan fingerprint density at radius 1 is 1.05 bits per heavy atom. The molecule has 2 rings (SSSR count). The molecule has 0 unspecified atom stereocenters. The summed E-state index contributed by atoms with van der Waals surface area (Å²) in [4.78, 5) is 6.58. The van der Waals surface area contributed by atoms with Crippen LogP contribution in [0.1, 0.15) is 52.5 Å². The van der Waals surface area contributed by atoms with E-state index in [1.54, 1.807) is 0 Å². The van der Waals surface area contributed by atoms with E-state index in [9.17, 15) is 0 Å². The molecule has 0 radical (unpaired) electrons. The highest BCUT2D eigenvalue weighted by Crippen LogP contribution is 2.51. The number of rotatable bonds is 4. The summed E-state index contributed by atoms with van der Waals surface area (Å²) in [5, 5.41) is 0. The summed E-state index contributed by atoms with van der Waals surface area (Å²) in [6.07, 6.45) is 7.34. The van der Waals surface area contributed by atoms with Crippen LogP contribution in [0.5, 0.6) is 0 Å². The molecule has 1 heterocycles. The zero-order chi connectivity index (χ0) is 15.7. The van der Waals surface area contributed by atoms with Gasteiger partial charge < -0.3 is 5.73 Å². The van der Waals surface area contributed by atoms with Crippen molar-refractivity contribution < 1.29 is 0 Å². The monoisotopic (exact) mass is 289 g/mol. The Morgan fingerprint density at radius 2 is 1.57 bits per heavy atom. The van der Waals surface area contributed by atoms with Crippen LogP contribution in [0.25, 0.3) is 0 Å². The van der Waals surface area contributed by atoms with Gasteiger partial charge in [0.25, 0.3) is 0 Å². The third-order valence-electron chi connectivity index (χ3n) is 4.93. The van der Waals surface area contributed by atoms with Crippen molar-refractivity contribution in [3.05, 3.63) is 30.1 Å². The molecule has 0 saturated heterocycles. The van der Waals surface area contributed by atoms with Crippen molar-refractivity contribution in [2.45, 2.75) is 59.0 Å².